The van der Waals surface area contributed by atoms with Gasteiger partial charge in [0.25, 0.3) is 11.7 Å². The van der Waals surface area contributed by atoms with E-state index in [2.05, 4.69) is 28.2 Å². The monoisotopic (exact) mass is 920 g/mol. The molecule has 1 amide bonds. The molecular formula is C47H57BrN2O12. The summed E-state index contributed by atoms with van der Waals surface area (Å²) in [6, 6.07) is 3.52. The Kier molecular flexibility index (Phi) is 14.1. The van der Waals surface area contributed by atoms with E-state index in [0.717, 1.165) is 12.8 Å². The largest absolute Gasteiger partial charge is 0.507 e. The van der Waals surface area contributed by atoms with Crippen molar-refractivity contribution in [3.63, 3.8) is 0 Å². The third-order valence-corrected chi connectivity index (χ3v) is 12.7. The van der Waals surface area contributed by atoms with Crippen LogP contribution in [0.1, 0.15) is 95.3 Å². The number of hydrogen-bond donors (Lipinski definition) is 4. The Hall–Kier alpha value is -4.96. The number of ether oxygens (including phenoxy) is 6. The number of amides is 1. The summed E-state index contributed by atoms with van der Waals surface area (Å²) < 4.78 is 37.5. The Morgan fingerprint density at radius 2 is 1.77 bits per heavy atom. The molecule has 4 aliphatic rings. The second-order valence-corrected chi connectivity index (χ2v) is 17.7. The second kappa shape index (κ2) is 18.8. The highest BCUT2D eigenvalue weighted by Crippen LogP contribution is 2.52. The van der Waals surface area contributed by atoms with Gasteiger partial charge in [0.2, 0.25) is 0 Å². The highest BCUT2D eigenvalue weighted by molar-refractivity contribution is 9.10. The fourth-order valence-corrected chi connectivity index (χ4v) is 8.81. The molecule has 0 fully saturated rings. The first kappa shape index (κ1) is 46.5. The number of fused-ring (bicyclic) bond motifs is 2. The molecule has 2 aromatic carbocycles. The lowest BCUT2D eigenvalue weighted by Crippen LogP contribution is -2.46. The van der Waals surface area contributed by atoms with E-state index >= 15 is 0 Å². The number of carbonyl (C=O) groups excluding carboxylic acids is 3. The summed E-state index contributed by atoms with van der Waals surface area (Å²) in [6.07, 6.45) is 5.75. The van der Waals surface area contributed by atoms with Gasteiger partial charge >= 0.3 is 11.8 Å². The average Bonchev–Trinajstić information content (AvgIpc) is 3.50. The predicted octanol–water partition coefficient (Wildman–Crippen LogP) is 7.59. The van der Waals surface area contributed by atoms with E-state index in [0.29, 0.717) is 45.1 Å². The number of esters is 1. The third-order valence-electron chi connectivity index (χ3n) is 12.2. The number of benzene rings is 2. The first-order valence-corrected chi connectivity index (χ1v) is 21.8. The van der Waals surface area contributed by atoms with Crippen LogP contribution in [0.5, 0.6) is 23.0 Å². The lowest BCUT2D eigenvalue weighted by atomic mass is 9.78. The van der Waals surface area contributed by atoms with Gasteiger partial charge in [0.05, 0.1) is 42.4 Å². The number of ketones is 1. The minimum Gasteiger partial charge on any atom is -0.507 e. The van der Waals surface area contributed by atoms with Crippen LogP contribution in [-0.2, 0) is 30.2 Å². The normalized spacial score (nSPS) is 30.6. The molecule has 4 bridgehead atoms. The number of aliphatic hydroxyl groups excluding tert-OH is 2. The van der Waals surface area contributed by atoms with Crippen molar-refractivity contribution in [1.29, 1.82) is 0 Å². The molecule has 0 aromatic heterocycles. The SMILES string of the molecule is CCCCOc1cc(Br)cc2c1N=C1C(=C3Cc4c(O)c(C)c5c(c41)C(=O)[C@@](C)(O/C=C/[C@H](OC)[C@@H](C)[C@@H](OC(C)=O)[C@H](C)[C@H](O)[C@H](C)[C@@H](O)[C@@H](C)/C=C/C=C(/C)C(=O)N3)O5)O2. The molecule has 0 unspecified atom stereocenters. The van der Waals surface area contributed by atoms with Gasteiger partial charge in [-0.1, -0.05) is 75.2 Å². The van der Waals surface area contributed by atoms with Crippen molar-refractivity contribution in [3.05, 3.63) is 86.5 Å². The number of phenolic OH excluding ortho intramolecular Hbond substituents is 1. The van der Waals surface area contributed by atoms with Gasteiger partial charge in [-0.05, 0) is 38.5 Å². The number of halogens is 1. The van der Waals surface area contributed by atoms with Crippen molar-refractivity contribution in [2.45, 2.75) is 112 Å². The first-order valence-electron chi connectivity index (χ1n) is 21.0. The Morgan fingerprint density at radius 1 is 1.05 bits per heavy atom. The molecule has 3 heterocycles. The van der Waals surface area contributed by atoms with E-state index in [1.165, 1.54) is 27.2 Å². The summed E-state index contributed by atoms with van der Waals surface area (Å²) in [7, 11) is 1.47. The highest BCUT2D eigenvalue weighted by Gasteiger charge is 2.52. The van der Waals surface area contributed by atoms with E-state index in [1.54, 1.807) is 78.0 Å². The molecule has 6 rings (SSSR count). The van der Waals surface area contributed by atoms with Crippen molar-refractivity contribution < 1.29 is 58.1 Å². The number of allylic oxidation sites excluding steroid dienone is 4. The van der Waals surface area contributed by atoms with Gasteiger partial charge in [-0.25, -0.2) is 4.99 Å². The maximum atomic E-state index is 14.8. The molecule has 62 heavy (non-hydrogen) atoms. The molecule has 1 aliphatic carbocycles. The minimum atomic E-state index is -1.93. The van der Waals surface area contributed by atoms with Crippen LogP contribution in [0.3, 0.4) is 0 Å². The molecule has 0 saturated heterocycles. The lowest BCUT2D eigenvalue weighted by molar-refractivity contribution is -0.160. The van der Waals surface area contributed by atoms with Gasteiger partial charge in [-0.15, -0.1) is 0 Å². The zero-order valence-corrected chi connectivity index (χ0v) is 38.4. The summed E-state index contributed by atoms with van der Waals surface area (Å²) in [6.45, 7) is 15.5. The quantitative estimate of drug-likeness (QED) is 0.164. The number of phenols is 1. The van der Waals surface area contributed by atoms with Gasteiger partial charge in [-0.2, -0.15) is 0 Å². The number of methoxy groups -OCH3 is 1. The predicted molar refractivity (Wildman–Crippen MR) is 235 cm³/mol. The second-order valence-electron chi connectivity index (χ2n) is 16.7. The Bertz CT molecular complexity index is 2280. The van der Waals surface area contributed by atoms with E-state index in [-0.39, 0.29) is 46.1 Å². The molecular weight excluding hydrogens is 864 g/mol. The number of carbonyl (C=O) groups is 3. The summed E-state index contributed by atoms with van der Waals surface area (Å²) in [5, 5.41) is 37.8. The van der Waals surface area contributed by atoms with Crippen LogP contribution in [-0.4, -0.2) is 82.6 Å². The van der Waals surface area contributed by atoms with E-state index < -0.39 is 71.5 Å². The number of nitrogens with one attached hydrogen (secondary N) is 1. The molecule has 9 atom stereocenters. The number of unbranched alkanes of at least 4 members (excludes halogenated alkanes) is 1. The van der Waals surface area contributed by atoms with Crippen LogP contribution in [0.25, 0.3) is 0 Å². The summed E-state index contributed by atoms with van der Waals surface area (Å²) in [5.74, 6) is -5.00. The Morgan fingerprint density at radius 3 is 2.45 bits per heavy atom. The number of aromatic hydroxyl groups is 1. The fourth-order valence-electron chi connectivity index (χ4n) is 8.40. The van der Waals surface area contributed by atoms with Crippen molar-refractivity contribution in [2.75, 3.05) is 13.7 Å². The third kappa shape index (κ3) is 8.95. The van der Waals surface area contributed by atoms with Crippen LogP contribution in [0.15, 0.2) is 69.2 Å². The zero-order valence-electron chi connectivity index (χ0n) is 36.8. The topological polar surface area (TPSA) is 192 Å². The van der Waals surface area contributed by atoms with Crippen molar-refractivity contribution in [3.8, 4) is 23.0 Å². The van der Waals surface area contributed by atoms with Crippen molar-refractivity contribution >= 4 is 45.0 Å². The molecule has 15 heteroatoms. The Labute approximate surface area is 370 Å². The van der Waals surface area contributed by atoms with E-state index in [9.17, 15) is 29.7 Å². The van der Waals surface area contributed by atoms with Crippen LogP contribution in [0.4, 0.5) is 5.69 Å². The number of aliphatic imine (C=N–C) groups is 1. The van der Waals surface area contributed by atoms with Crippen LogP contribution in [0, 0.1) is 30.6 Å². The number of rotatable bonds is 6. The molecule has 3 aliphatic heterocycles. The maximum absolute atomic E-state index is 14.8. The summed E-state index contributed by atoms with van der Waals surface area (Å²) >= 11 is 3.56. The Balaban J connectivity index is 1.53. The first-order chi connectivity index (χ1) is 29.3. The maximum Gasteiger partial charge on any atom is 0.312 e. The molecule has 0 radical (unpaired) electrons. The van der Waals surface area contributed by atoms with Crippen molar-refractivity contribution in [1.82, 2.24) is 5.32 Å². The number of hydrogen-bond acceptors (Lipinski definition) is 13. The molecule has 2 aromatic rings. The fraction of sp³-hybridized carbons (Fsp3) is 0.489. The summed E-state index contributed by atoms with van der Waals surface area (Å²) in [4.78, 5) is 46.2. The van der Waals surface area contributed by atoms with Gasteiger partial charge in [0, 0.05) is 77.8 Å². The van der Waals surface area contributed by atoms with Crippen LogP contribution < -0.4 is 19.5 Å². The smallest absolute Gasteiger partial charge is 0.312 e. The van der Waals surface area contributed by atoms with E-state index in [1.807, 2.05) is 0 Å². The number of Topliss-reactive ketones (excluding diaryl/α,β-unsaturated/α-hetero) is 1. The lowest BCUT2D eigenvalue weighted by Gasteiger charge is -2.38. The van der Waals surface area contributed by atoms with Crippen LogP contribution >= 0.6 is 15.9 Å². The molecule has 0 spiro atoms. The minimum absolute atomic E-state index is 0.0504. The molecule has 334 valence electrons. The average molecular weight is 922 g/mol. The van der Waals surface area contributed by atoms with Gasteiger partial charge in [-0.3, -0.25) is 14.4 Å². The van der Waals surface area contributed by atoms with Crippen molar-refractivity contribution in [2.24, 2.45) is 28.7 Å². The highest BCUT2D eigenvalue weighted by atomic mass is 79.9. The van der Waals surface area contributed by atoms with Gasteiger partial charge in [0.15, 0.2) is 11.5 Å². The molecule has 14 nitrogen and oxygen atoms in total. The number of aliphatic hydroxyl groups is 2. The molecule has 4 N–H and O–H groups in total. The standard InChI is InChI=1S/C47H57BrN2O12/c1-11-12-17-58-33-19-29(48)20-34-37(33)50-38-35-30-21-31(44(38)61-34)49-46(56)23(3)15-13-14-22(2)39(52)25(5)40(53)26(6)42(60-28(8)51)24(4)32(57-10)16-18-59-47(9)45(55)36(35)43(62-47)27(7)41(30)54/h13-16,18-20,22,24-26,32,39-40,42,52-54H,11-12,17,21H2,1-10H3,(H,49,56)/b14-13+,18-16+,23-15-/t22-,24+,25+,26+,32-,39-,40+,42+,47-/m0/s1. The molecule has 0 saturated carbocycles. The van der Waals surface area contributed by atoms with Gasteiger partial charge in [0.1, 0.15) is 34.8 Å². The van der Waals surface area contributed by atoms with Crippen LogP contribution in [0.2, 0.25) is 0 Å². The number of nitrogens with zero attached hydrogens (tertiary/aromatic N) is 1. The van der Waals surface area contributed by atoms with E-state index in [4.69, 9.17) is 33.4 Å². The van der Waals surface area contributed by atoms with Gasteiger partial charge < -0.3 is 49.1 Å². The zero-order chi connectivity index (χ0) is 45.4. The summed E-state index contributed by atoms with van der Waals surface area (Å²) in [5.41, 5.74) is 2.11.